The van der Waals surface area contributed by atoms with Gasteiger partial charge in [0.1, 0.15) is 0 Å². The Hall–Kier alpha value is -2.44. The number of H-pyrrole nitrogens is 1. The minimum atomic E-state index is -0.307. The van der Waals surface area contributed by atoms with Crippen LogP contribution in [0.15, 0.2) is 42.7 Å². The molecule has 4 rings (SSSR count). The van der Waals surface area contributed by atoms with E-state index in [1.165, 1.54) is 5.56 Å². The number of aliphatic hydroxyl groups excluding tert-OH is 1. The molecule has 1 aliphatic rings. The summed E-state index contributed by atoms with van der Waals surface area (Å²) in [5.74, 6) is 0.226. The molecule has 0 spiro atoms. The minimum Gasteiger partial charge on any atom is -0.391 e. The second kappa shape index (κ2) is 7.05. The van der Waals surface area contributed by atoms with E-state index >= 15 is 0 Å². The predicted molar refractivity (Wildman–Crippen MR) is 100 cm³/mol. The lowest BCUT2D eigenvalue weighted by molar-refractivity contribution is 0.140. The lowest BCUT2D eigenvalue weighted by atomic mass is 10.0. The second-order valence-corrected chi connectivity index (χ2v) is 7.40. The molecule has 1 fully saturated rings. The van der Waals surface area contributed by atoms with Gasteiger partial charge in [-0.1, -0.05) is 12.1 Å². The summed E-state index contributed by atoms with van der Waals surface area (Å²) in [6.45, 7) is 6.46. The fraction of sp³-hybridized carbons (Fsp3) is 0.400. The Morgan fingerprint density at radius 1 is 1.23 bits per heavy atom. The number of likely N-dealkylation sites (tertiary alicyclic amines) is 1. The molecule has 1 aliphatic heterocycles. The molecule has 136 valence electrons. The van der Waals surface area contributed by atoms with Crippen LogP contribution in [-0.2, 0) is 13.0 Å². The number of nitrogens with one attached hydrogen (secondary N) is 1. The first-order valence-electron chi connectivity index (χ1n) is 9.09. The van der Waals surface area contributed by atoms with Crippen LogP contribution in [0.4, 0.5) is 0 Å². The number of hydrogen-bond donors (Lipinski definition) is 2. The van der Waals surface area contributed by atoms with Gasteiger partial charge in [0.15, 0.2) is 0 Å². The van der Waals surface area contributed by atoms with E-state index in [2.05, 4.69) is 57.6 Å². The van der Waals surface area contributed by atoms with Crippen molar-refractivity contribution in [2.24, 2.45) is 5.92 Å². The molecular formula is C20H25N5O. The van der Waals surface area contributed by atoms with Crippen molar-refractivity contribution in [3.05, 3.63) is 65.2 Å². The van der Waals surface area contributed by atoms with Gasteiger partial charge >= 0.3 is 0 Å². The number of aromatic amines is 1. The van der Waals surface area contributed by atoms with E-state index in [0.29, 0.717) is 6.54 Å². The van der Waals surface area contributed by atoms with Crippen LogP contribution >= 0.6 is 0 Å². The zero-order chi connectivity index (χ0) is 18.1. The highest BCUT2D eigenvalue weighted by Crippen LogP contribution is 2.23. The van der Waals surface area contributed by atoms with Crippen molar-refractivity contribution in [1.82, 2.24) is 24.9 Å². The maximum Gasteiger partial charge on any atom is 0.0711 e. The zero-order valence-corrected chi connectivity index (χ0v) is 15.3. The Balaban J connectivity index is 1.39. The summed E-state index contributed by atoms with van der Waals surface area (Å²) in [5.41, 5.74) is 5.55. The summed E-state index contributed by atoms with van der Waals surface area (Å²) in [4.78, 5) is 2.30. The summed E-state index contributed by atoms with van der Waals surface area (Å²) in [6, 6.07) is 10.4. The number of nitrogens with zero attached hydrogens (tertiary/aromatic N) is 4. The average Bonchev–Trinajstić information content (AvgIpc) is 3.30. The van der Waals surface area contributed by atoms with Crippen LogP contribution in [0.2, 0.25) is 0 Å². The van der Waals surface area contributed by atoms with Gasteiger partial charge in [0.25, 0.3) is 0 Å². The summed E-state index contributed by atoms with van der Waals surface area (Å²) in [5, 5.41) is 22.2. The zero-order valence-electron chi connectivity index (χ0n) is 15.3. The second-order valence-electron chi connectivity index (χ2n) is 7.40. The number of β-amino-alcohol motifs (C(OH)–C–C–N with tert-alkyl or cyclic N) is 1. The molecule has 3 aromatic rings. The Morgan fingerprint density at radius 2 is 2.12 bits per heavy atom. The fourth-order valence-electron chi connectivity index (χ4n) is 3.73. The molecule has 1 saturated heterocycles. The van der Waals surface area contributed by atoms with Gasteiger partial charge in [-0.3, -0.25) is 10.00 Å². The number of hydrogen-bond acceptors (Lipinski definition) is 4. The summed E-state index contributed by atoms with van der Waals surface area (Å²) in [7, 11) is 0. The van der Waals surface area contributed by atoms with Crippen molar-refractivity contribution in [2.75, 3.05) is 13.1 Å². The molecule has 0 aliphatic carbocycles. The van der Waals surface area contributed by atoms with Gasteiger partial charge in [-0.05, 0) is 44.0 Å². The van der Waals surface area contributed by atoms with Crippen molar-refractivity contribution >= 4 is 0 Å². The van der Waals surface area contributed by atoms with Crippen LogP contribution in [0.25, 0.3) is 5.69 Å². The predicted octanol–water partition coefficient (Wildman–Crippen LogP) is 2.25. The normalized spacial score (nSPS) is 20.7. The van der Waals surface area contributed by atoms with Crippen molar-refractivity contribution in [3.63, 3.8) is 0 Å². The summed E-state index contributed by atoms with van der Waals surface area (Å²) >= 11 is 0. The first kappa shape index (κ1) is 17.0. The summed E-state index contributed by atoms with van der Waals surface area (Å²) < 4.78 is 1.92. The van der Waals surface area contributed by atoms with E-state index in [9.17, 15) is 5.11 Å². The van der Waals surface area contributed by atoms with Crippen LogP contribution < -0.4 is 0 Å². The largest absolute Gasteiger partial charge is 0.391 e. The van der Waals surface area contributed by atoms with E-state index in [0.717, 1.165) is 42.1 Å². The van der Waals surface area contributed by atoms with Crippen LogP contribution in [0.1, 0.15) is 22.5 Å². The standard InChI is InChI=1S/C20H25N5O/c1-14-4-3-5-19(6-14)25-11-16(9-21-25)10-24-12-17(20(26)13-24)8-18-7-15(2)22-23-18/h3-7,9,11,17,20,26H,8,10,12-13H2,1-2H3,(H,22,23)/t17-,20-/m1/s1. The van der Waals surface area contributed by atoms with E-state index in [-0.39, 0.29) is 12.0 Å². The quantitative estimate of drug-likeness (QED) is 0.740. The SMILES string of the molecule is Cc1cccc(-n2cc(CN3C[C@@H](Cc4cc(C)[nH]n4)[C@H](O)C3)cn2)c1. The van der Waals surface area contributed by atoms with Gasteiger partial charge in [0.05, 0.1) is 23.7 Å². The first-order valence-corrected chi connectivity index (χ1v) is 9.09. The molecule has 1 aromatic carbocycles. The molecule has 26 heavy (non-hydrogen) atoms. The van der Waals surface area contributed by atoms with E-state index in [1.807, 2.05) is 23.9 Å². The number of aliphatic hydroxyl groups is 1. The van der Waals surface area contributed by atoms with E-state index in [1.54, 1.807) is 0 Å². The van der Waals surface area contributed by atoms with Gasteiger partial charge < -0.3 is 5.11 Å². The van der Waals surface area contributed by atoms with Gasteiger partial charge in [0, 0.05) is 43.0 Å². The number of rotatable bonds is 5. The number of benzene rings is 1. The molecule has 3 heterocycles. The van der Waals surface area contributed by atoms with Crippen molar-refractivity contribution < 1.29 is 5.11 Å². The lowest BCUT2D eigenvalue weighted by Crippen LogP contribution is -2.21. The van der Waals surface area contributed by atoms with Gasteiger partial charge in [-0.25, -0.2) is 4.68 Å². The molecule has 0 unspecified atom stereocenters. The average molecular weight is 351 g/mol. The van der Waals surface area contributed by atoms with E-state index in [4.69, 9.17) is 0 Å². The Kier molecular flexibility index (Phi) is 4.61. The van der Waals surface area contributed by atoms with Crippen LogP contribution in [-0.4, -0.2) is 49.2 Å². The molecule has 0 radical (unpaired) electrons. The highest BCUT2D eigenvalue weighted by Gasteiger charge is 2.31. The Morgan fingerprint density at radius 3 is 2.88 bits per heavy atom. The van der Waals surface area contributed by atoms with Crippen molar-refractivity contribution in [1.29, 1.82) is 0 Å². The van der Waals surface area contributed by atoms with Gasteiger partial charge in [-0.2, -0.15) is 10.2 Å². The molecule has 2 aromatic heterocycles. The molecule has 0 bridgehead atoms. The Labute approximate surface area is 153 Å². The maximum atomic E-state index is 10.4. The van der Waals surface area contributed by atoms with Crippen LogP contribution in [0.5, 0.6) is 0 Å². The number of aryl methyl sites for hydroxylation is 2. The topological polar surface area (TPSA) is 70.0 Å². The van der Waals surface area contributed by atoms with Gasteiger partial charge in [-0.15, -0.1) is 0 Å². The van der Waals surface area contributed by atoms with Gasteiger partial charge in [0.2, 0.25) is 0 Å². The fourth-order valence-corrected chi connectivity index (χ4v) is 3.73. The molecule has 0 amide bonds. The smallest absolute Gasteiger partial charge is 0.0711 e. The maximum absolute atomic E-state index is 10.4. The third-order valence-electron chi connectivity index (χ3n) is 5.02. The van der Waals surface area contributed by atoms with Crippen molar-refractivity contribution in [2.45, 2.75) is 32.9 Å². The molecule has 0 saturated carbocycles. The van der Waals surface area contributed by atoms with Crippen LogP contribution in [0.3, 0.4) is 0 Å². The first-order chi connectivity index (χ1) is 12.6. The monoisotopic (exact) mass is 351 g/mol. The third-order valence-corrected chi connectivity index (χ3v) is 5.02. The van der Waals surface area contributed by atoms with Crippen molar-refractivity contribution in [3.8, 4) is 5.69 Å². The third kappa shape index (κ3) is 3.71. The molecule has 6 nitrogen and oxygen atoms in total. The molecule has 6 heteroatoms. The molecule has 2 N–H and O–H groups in total. The minimum absolute atomic E-state index is 0.226. The van der Waals surface area contributed by atoms with E-state index < -0.39 is 0 Å². The number of aromatic nitrogens is 4. The Bertz CT molecular complexity index is 884. The highest BCUT2D eigenvalue weighted by atomic mass is 16.3. The molecular weight excluding hydrogens is 326 g/mol. The molecule has 2 atom stereocenters. The summed E-state index contributed by atoms with van der Waals surface area (Å²) in [6.07, 6.45) is 4.49. The highest BCUT2D eigenvalue weighted by molar-refractivity contribution is 5.35. The van der Waals surface area contributed by atoms with Crippen LogP contribution in [0, 0.1) is 19.8 Å². The lowest BCUT2D eigenvalue weighted by Gasteiger charge is -2.14.